The van der Waals surface area contributed by atoms with Crippen molar-refractivity contribution >= 4 is 22.9 Å². The van der Waals surface area contributed by atoms with E-state index in [1.54, 1.807) is 45.4 Å². The molecule has 1 aromatic carbocycles. The number of hydrogen-bond acceptors (Lipinski definition) is 4. The van der Waals surface area contributed by atoms with Crippen molar-refractivity contribution in [2.75, 3.05) is 21.1 Å². The molecule has 0 aliphatic rings. The van der Waals surface area contributed by atoms with Crippen LogP contribution < -0.4 is 10.1 Å². The normalized spacial score (nSPS) is 10.2. The van der Waals surface area contributed by atoms with E-state index in [2.05, 4.69) is 10.3 Å². The zero-order valence-corrected chi connectivity index (χ0v) is 11.5. The van der Waals surface area contributed by atoms with E-state index in [0.717, 1.165) is 0 Å². The van der Waals surface area contributed by atoms with Crippen LogP contribution in [0.25, 0.3) is 10.9 Å². The SMILES string of the molecule is CNC(=O)c1cnc2cccc(OC(=O)N(C)C)c2c1. The van der Waals surface area contributed by atoms with Crippen molar-refractivity contribution in [1.29, 1.82) is 0 Å². The van der Waals surface area contributed by atoms with Gasteiger partial charge in [-0.15, -0.1) is 0 Å². The van der Waals surface area contributed by atoms with Gasteiger partial charge in [0.25, 0.3) is 5.91 Å². The molecule has 0 saturated heterocycles. The van der Waals surface area contributed by atoms with Gasteiger partial charge in [0.05, 0.1) is 11.1 Å². The Morgan fingerprint density at radius 3 is 2.70 bits per heavy atom. The molecule has 0 fully saturated rings. The van der Waals surface area contributed by atoms with Gasteiger partial charge in [-0.25, -0.2) is 4.79 Å². The van der Waals surface area contributed by atoms with Crippen LogP contribution in [0.5, 0.6) is 5.75 Å². The molecule has 2 rings (SSSR count). The fourth-order valence-electron chi connectivity index (χ4n) is 1.66. The van der Waals surface area contributed by atoms with E-state index in [0.29, 0.717) is 22.2 Å². The molecular formula is C14H15N3O3. The van der Waals surface area contributed by atoms with Crippen molar-refractivity contribution in [3.63, 3.8) is 0 Å². The van der Waals surface area contributed by atoms with Crippen LogP contribution in [-0.4, -0.2) is 43.0 Å². The van der Waals surface area contributed by atoms with Gasteiger partial charge in [0.1, 0.15) is 5.75 Å². The number of ether oxygens (including phenoxy) is 1. The maximum absolute atomic E-state index is 11.6. The Kier molecular flexibility index (Phi) is 3.84. The molecule has 6 heteroatoms. The van der Waals surface area contributed by atoms with Crippen molar-refractivity contribution < 1.29 is 14.3 Å². The fraction of sp³-hybridized carbons (Fsp3) is 0.214. The van der Waals surface area contributed by atoms with Crippen molar-refractivity contribution in [2.24, 2.45) is 0 Å². The Morgan fingerprint density at radius 2 is 2.05 bits per heavy atom. The number of pyridine rings is 1. The van der Waals surface area contributed by atoms with E-state index in [1.807, 2.05) is 0 Å². The van der Waals surface area contributed by atoms with Gasteiger partial charge in [-0.2, -0.15) is 0 Å². The zero-order chi connectivity index (χ0) is 14.7. The maximum Gasteiger partial charge on any atom is 0.414 e. The van der Waals surface area contributed by atoms with Crippen molar-refractivity contribution in [3.8, 4) is 5.75 Å². The van der Waals surface area contributed by atoms with Crippen LogP contribution >= 0.6 is 0 Å². The first-order valence-electron chi connectivity index (χ1n) is 6.03. The van der Waals surface area contributed by atoms with Crippen LogP contribution in [0.3, 0.4) is 0 Å². The molecular weight excluding hydrogens is 258 g/mol. The first-order valence-corrected chi connectivity index (χ1v) is 6.03. The van der Waals surface area contributed by atoms with Gasteiger partial charge < -0.3 is 15.0 Å². The minimum Gasteiger partial charge on any atom is -0.409 e. The summed E-state index contributed by atoms with van der Waals surface area (Å²) >= 11 is 0. The van der Waals surface area contributed by atoms with E-state index >= 15 is 0 Å². The summed E-state index contributed by atoms with van der Waals surface area (Å²) in [4.78, 5) is 28.8. The third-order valence-electron chi connectivity index (χ3n) is 2.74. The lowest BCUT2D eigenvalue weighted by molar-refractivity contribution is 0.0963. The zero-order valence-electron chi connectivity index (χ0n) is 11.5. The summed E-state index contributed by atoms with van der Waals surface area (Å²) < 4.78 is 5.27. The predicted molar refractivity (Wildman–Crippen MR) is 74.8 cm³/mol. The summed E-state index contributed by atoms with van der Waals surface area (Å²) in [6.45, 7) is 0. The molecule has 0 radical (unpaired) electrons. The fourth-order valence-corrected chi connectivity index (χ4v) is 1.66. The minimum atomic E-state index is -0.483. The van der Waals surface area contributed by atoms with Crippen molar-refractivity contribution in [2.45, 2.75) is 0 Å². The number of nitrogens with zero attached hydrogens (tertiary/aromatic N) is 2. The highest BCUT2D eigenvalue weighted by Crippen LogP contribution is 2.25. The monoisotopic (exact) mass is 273 g/mol. The molecule has 0 bridgehead atoms. The van der Waals surface area contributed by atoms with E-state index in [4.69, 9.17) is 4.74 Å². The number of nitrogens with one attached hydrogen (secondary N) is 1. The molecule has 0 aliphatic heterocycles. The Morgan fingerprint density at radius 1 is 1.30 bits per heavy atom. The molecule has 6 nitrogen and oxygen atoms in total. The van der Waals surface area contributed by atoms with Crippen LogP contribution in [0.15, 0.2) is 30.5 Å². The number of benzene rings is 1. The summed E-state index contributed by atoms with van der Waals surface area (Å²) in [6.07, 6.45) is 1.00. The molecule has 1 heterocycles. The lowest BCUT2D eigenvalue weighted by atomic mass is 10.1. The highest BCUT2D eigenvalue weighted by Gasteiger charge is 2.12. The molecule has 2 amide bonds. The average molecular weight is 273 g/mol. The van der Waals surface area contributed by atoms with E-state index in [-0.39, 0.29) is 5.91 Å². The Bertz CT molecular complexity index is 668. The van der Waals surface area contributed by atoms with Gasteiger partial charge in [0, 0.05) is 32.7 Å². The molecule has 0 saturated carbocycles. The van der Waals surface area contributed by atoms with E-state index < -0.39 is 6.09 Å². The standard InChI is InChI=1S/C14H15N3O3/c1-15-13(18)9-7-10-11(16-8-9)5-4-6-12(10)20-14(19)17(2)3/h4-8H,1-3H3,(H,15,18). The molecule has 20 heavy (non-hydrogen) atoms. The smallest absolute Gasteiger partial charge is 0.409 e. The predicted octanol–water partition coefficient (Wildman–Crippen LogP) is 1.65. The van der Waals surface area contributed by atoms with Gasteiger partial charge in [-0.05, 0) is 18.2 Å². The summed E-state index contributed by atoms with van der Waals surface area (Å²) in [5, 5.41) is 3.14. The van der Waals surface area contributed by atoms with Crippen LogP contribution in [0.4, 0.5) is 4.79 Å². The number of carbonyl (C=O) groups excluding carboxylic acids is 2. The lowest BCUT2D eigenvalue weighted by Crippen LogP contribution is -2.25. The van der Waals surface area contributed by atoms with Crippen molar-refractivity contribution in [3.05, 3.63) is 36.0 Å². The number of hydrogen-bond donors (Lipinski definition) is 1. The van der Waals surface area contributed by atoms with Gasteiger partial charge >= 0.3 is 6.09 Å². The quantitative estimate of drug-likeness (QED) is 0.903. The van der Waals surface area contributed by atoms with E-state index in [1.165, 1.54) is 11.1 Å². The van der Waals surface area contributed by atoms with E-state index in [9.17, 15) is 9.59 Å². The molecule has 2 aromatic rings. The van der Waals surface area contributed by atoms with Gasteiger partial charge in [-0.3, -0.25) is 9.78 Å². The number of aromatic nitrogens is 1. The third kappa shape index (κ3) is 2.69. The Balaban J connectivity index is 2.49. The van der Waals surface area contributed by atoms with Gasteiger partial charge in [-0.1, -0.05) is 6.07 Å². The molecule has 104 valence electrons. The first-order chi connectivity index (χ1) is 9.52. The molecule has 0 atom stereocenters. The van der Waals surface area contributed by atoms with Gasteiger partial charge in [0.15, 0.2) is 0 Å². The topological polar surface area (TPSA) is 71.5 Å². The van der Waals surface area contributed by atoms with Crippen LogP contribution in [0.2, 0.25) is 0 Å². The number of fused-ring (bicyclic) bond motifs is 1. The number of amides is 2. The minimum absolute atomic E-state index is 0.242. The molecule has 1 aromatic heterocycles. The molecule has 0 unspecified atom stereocenters. The average Bonchev–Trinajstić information content (AvgIpc) is 2.46. The summed E-state index contributed by atoms with van der Waals surface area (Å²) in [5.74, 6) is 0.132. The van der Waals surface area contributed by atoms with Crippen molar-refractivity contribution in [1.82, 2.24) is 15.2 Å². The summed E-state index contributed by atoms with van der Waals surface area (Å²) in [7, 11) is 4.74. The highest BCUT2D eigenvalue weighted by molar-refractivity contribution is 5.98. The molecule has 0 aliphatic carbocycles. The van der Waals surface area contributed by atoms with Gasteiger partial charge in [0.2, 0.25) is 0 Å². The molecule has 0 spiro atoms. The molecule has 1 N–H and O–H groups in total. The van der Waals surface area contributed by atoms with Crippen LogP contribution in [0, 0.1) is 0 Å². The largest absolute Gasteiger partial charge is 0.414 e. The lowest BCUT2D eigenvalue weighted by Gasteiger charge is -2.12. The second kappa shape index (κ2) is 5.56. The number of carbonyl (C=O) groups is 2. The third-order valence-corrected chi connectivity index (χ3v) is 2.74. The number of rotatable bonds is 2. The Labute approximate surface area is 116 Å². The maximum atomic E-state index is 11.6. The Hall–Kier alpha value is -2.63. The summed E-state index contributed by atoms with van der Waals surface area (Å²) in [5.41, 5.74) is 1.06. The second-order valence-corrected chi connectivity index (χ2v) is 4.39. The highest BCUT2D eigenvalue weighted by atomic mass is 16.6. The summed E-state index contributed by atoms with van der Waals surface area (Å²) in [6, 6.07) is 6.85. The first kappa shape index (κ1) is 13.8. The second-order valence-electron chi connectivity index (χ2n) is 4.39. The van der Waals surface area contributed by atoms with Crippen LogP contribution in [-0.2, 0) is 0 Å². The van der Waals surface area contributed by atoms with Crippen LogP contribution in [0.1, 0.15) is 10.4 Å².